The third-order valence-corrected chi connectivity index (χ3v) is 8.17. The Kier molecular flexibility index (Phi) is 7.32. The summed E-state index contributed by atoms with van der Waals surface area (Å²) in [7, 11) is 0. The Morgan fingerprint density at radius 2 is 1.72 bits per heavy atom. The highest BCUT2D eigenvalue weighted by atomic mass is 19.1. The lowest BCUT2D eigenvalue weighted by atomic mass is 9.61. The maximum Gasteiger partial charge on any atom is 0.119 e. The number of benzene rings is 1. The Balaban J connectivity index is 1.30. The molecule has 29 heavy (non-hydrogen) atoms. The first kappa shape index (κ1) is 20.9. The monoisotopic (exact) mass is 398 g/mol. The van der Waals surface area contributed by atoms with Crippen molar-refractivity contribution in [2.45, 2.75) is 84.0 Å². The van der Waals surface area contributed by atoms with Crippen LogP contribution in [0.15, 0.2) is 30.6 Å². The van der Waals surface area contributed by atoms with Crippen LogP contribution in [0.5, 0.6) is 5.75 Å². The van der Waals surface area contributed by atoms with Crippen molar-refractivity contribution < 1.29 is 9.13 Å². The molecule has 160 valence electrons. The summed E-state index contributed by atoms with van der Waals surface area (Å²) in [5.41, 5.74) is 3.10. The zero-order valence-electron chi connectivity index (χ0n) is 18.3. The molecule has 0 spiro atoms. The largest absolute Gasteiger partial charge is 0.494 e. The van der Waals surface area contributed by atoms with E-state index in [2.05, 4.69) is 25.1 Å². The summed E-state index contributed by atoms with van der Waals surface area (Å²) in [5, 5.41) is 0. The van der Waals surface area contributed by atoms with Crippen LogP contribution in [0.3, 0.4) is 0 Å². The molecule has 4 rings (SSSR count). The Labute approximate surface area is 177 Å². The molecule has 5 atom stereocenters. The van der Waals surface area contributed by atoms with Crippen molar-refractivity contribution in [1.82, 2.24) is 0 Å². The zero-order chi connectivity index (χ0) is 20.1. The molecule has 2 saturated carbocycles. The molecule has 3 aliphatic rings. The molecule has 0 N–H and O–H groups in total. The first-order chi connectivity index (χ1) is 14.3. The van der Waals surface area contributed by atoms with E-state index < -0.39 is 0 Å². The van der Waals surface area contributed by atoms with Crippen molar-refractivity contribution in [1.29, 1.82) is 0 Å². The van der Waals surface area contributed by atoms with Crippen LogP contribution in [0.4, 0.5) is 4.39 Å². The summed E-state index contributed by atoms with van der Waals surface area (Å²) in [6.07, 6.45) is 18.0. The van der Waals surface area contributed by atoms with Crippen LogP contribution < -0.4 is 4.74 Å². The fourth-order valence-corrected chi connectivity index (χ4v) is 6.46. The van der Waals surface area contributed by atoms with Crippen molar-refractivity contribution in [2.75, 3.05) is 6.61 Å². The molecule has 1 aromatic carbocycles. The molecule has 0 amide bonds. The summed E-state index contributed by atoms with van der Waals surface area (Å²) in [6.45, 7) is 3.08. The Morgan fingerprint density at radius 3 is 2.55 bits per heavy atom. The van der Waals surface area contributed by atoms with E-state index in [4.69, 9.17) is 4.74 Å². The smallest absolute Gasteiger partial charge is 0.119 e. The summed E-state index contributed by atoms with van der Waals surface area (Å²) < 4.78 is 18.5. The summed E-state index contributed by atoms with van der Waals surface area (Å²) >= 11 is 0. The van der Waals surface area contributed by atoms with Gasteiger partial charge in [-0.15, -0.1) is 0 Å². The predicted octanol–water partition coefficient (Wildman–Crippen LogP) is 7.68. The number of rotatable bonds is 7. The van der Waals surface area contributed by atoms with Crippen LogP contribution in [0.2, 0.25) is 0 Å². The minimum atomic E-state index is 0.498. The molecule has 0 heterocycles. The second kappa shape index (κ2) is 10.1. The molecule has 0 bridgehead atoms. The van der Waals surface area contributed by atoms with Gasteiger partial charge >= 0.3 is 0 Å². The molecule has 1 nitrogen and oxygen atoms in total. The Bertz CT molecular complexity index is 681. The zero-order valence-corrected chi connectivity index (χ0v) is 18.3. The number of unbranched alkanes of at least 4 members (excludes halogenated alkanes) is 2. The van der Waals surface area contributed by atoms with Gasteiger partial charge in [-0.25, -0.2) is 4.39 Å². The van der Waals surface area contributed by atoms with Gasteiger partial charge in [-0.2, -0.15) is 0 Å². The van der Waals surface area contributed by atoms with E-state index in [1.54, 1.807) is 5.56 Å². The van der Waals surface area contributed by atoms with E-state index in [1.807, 2.05) is 6.08 Å². The van der Waals surface area contributed by atoms with Gasteiger partial charge in [-0.3, -0.25) is 0 Å². The minimum absolute atomic E-state index is 0.498. The predicted molar refractivity (Wildman–Crippen MR) is 119 cm³/mol. The fraction of sp³-hybridized carbons (Fsp3) is 0.704. The van der Waals surface area contributed by atoms with E-state index in [-0.39, 0.29) is 0 Å². The average molecular weight is 399 g/mol. The fourth-order valence-electron chi connectivity index (χ4n) is 6.46. The van der Waals surface area contributed by atoms with Crippen molar-refractivity contribution in [2.24, 2.45) is 29.6 Å². The topological polar surface area (TPSA) is 9.23 Å². The van der Waals surface area contributed by atoms with Crippen LogP contribution in [0.1, 0.15) is 82.3 Å². The van der Waals surface area contributed by atoms with Crippen LogP contribution in [-0.2, 0) is 12.8 Å². The van der Waals surface area contributed by atoms with Crippen molar-refractivity contribution in [3.63, 3.8) is 0 Å². The molecule has 5 unspecified atom stereocenters. The molecule has 2 fully saturated rings. The molecule has 0 aromatic heterocycles. The van der Waals surface area contributed by atoms with Crippen LogP contribution in [0.25, 0.3) is 0 Å². The molecule has 2 heteroatoms. The number of fused-ring (bicyclic) bond motifs is 2. The Morgan fingerprint density at radius 1 is 0.931 bits per heavy atom. The lowest BCUT2D eigenvalue weighted by Crippen LogP contribution is -2.34. The number of hydrogen-bond donors (Lipinski definition) is 0. The number of halogens is 1. The van der Waals surface area contributed by atoms with E-state index in [0.29, 0.717) is 5.92 Å². The number of ether oxygens (including phenoxy) is 1. The summed E-state index contributed by atoms with van der Waals surface area (Å²) in [4.78, 5) is 0. The van der Waals surface area contributed by atoms with Crippen LogP contribution >= 0.6 is 0 Å². The standard InChI is InChI=1S/C27H39FO/c1-2-3-4-15-29-27-12-11-25-18-24(9-10-26(25)19-27)23-8-7-21-16-20(13-14-28)5-6-22(21)17-23/h11-14,19-24H,2-10,15-18H2,1H3/b14-13+. The molecule has 0 radical (unpaired) electrons. The highest BCUT2D eigenvalue weighted by Gasteiger charge is 2.38. The van der Waals surface area contributed by atoms with E-state index in [9.17, 15) is 4.39 Å². The lowest BCUT2D eigenvalue weighted by Gasteiger charge is -2.44. The summed E-state index contributed by atoms with van der Waals surface area (Å²) in [5.74, 6) is 5.09. The molecule has 0 aliphatic heterocycles. The van der Waals surface area contributed by atoms with Gasteiger partial charge in [0.15, 0.2) is 0 Å². The van der Waals surface area contributed by atoms with Gasteiger partial charge in [0.2, 0.25) is 0 Å². The molecule has 1 aromatic rings. The third-order valence-electron chi connectivity index (χ3n) is 8.17. The van der Waals surface area contributed by atoms with Gasteiger partial charge in [0.25, 0.3) is 0 Å². The highest BCUT2D eigenvalue weighted by Crippen LogP contribution is 2.48. The highest BCUT2D eigenvalue weighted by molar-refractivity contribution is 5.37. The first-order valence-corrected chi connectivity index (χ1v) is 12.3. The molecular formula is C27H39FO. The van der Waals surface area contributed by atoms with Gasteiger partial charge in [-0.1, -0.05) is 31.9 Å². The number of allylic oxidation sites excluding steroid dienone is 1. The van der Waals surface area contributed by atoms with Crippen LogP contribution in [-0.4, -0.2) is 6.61 Å². The molecule has 3 aliphatic carbocycles. The van der Waals surface area contributed by atoms with Crippen molar-refractivity contribution >= 4 is 0 Å². The van der Waals surface area contributed by atoms with Gasteiger partial charge in [0, 0.05) is 0 Å². The average Bonchev–Trinajstić information content (AvgIpc) is 2.76. The number of hydrogen-bond acceptors (Lipinski definition) is 1. The lowest BCUT2D eigenvalue weighted by molar-refractivity contribution is 0.0809. The minimum Gasteiger partial charge on any atom is -0.494 e. The normalized spacial score (nSPS) is 32.0. The third kappa shape index (κ3) is 5.25. The second-order valence-corrected chi connectivity index (χ2v) is 9.97. The Hall–Kier alpha value is -1.31. The van der Waals surface area contributed by atoms with Gasteiger partial charge in [0.05, 0.1) is 12.9 Å². The van der Waals surface area contributed by atoms with Gasteiger partial charge in [0.1, 0.15) is 5.75 Å². The first-order valence-electron chi connectivity index (χ1n) is 12.3. The van der Waals surface area contributed by atoms with E-state index in [1.165, 1.54) is 76.2 Å². The maximum absolute atomic E-state index is 12.6. The molecular weight excluding hydrogens is 359 g/mol. The van der Waals surface area contributed by atoms with E-state index >= 15 is 0 Å². The van der Waals surface area contributed by atoms with Crippen molar-refractivity contribution in [3.8, 4) is 5.75 Å². The SMILES string of the molecule is CCCCCOc1ccc2c(c1)CCC(C1CCC3CC(/C=C/F)CCC3C1)C2. The molecule has 0 saturated heterocycles. The summed E-state index contributed by atoms with van der Waals surface area (Å²) in [6, 6.07) is 6.86. The number of aryl methyl sites for hydroxylation is 1. The van der Waals surface area contributed by atoms with Crippen LogP contribution in [0, 0.1) is 29.6 Å². The van der Waals surface area contributed by atoms with Gasteiger partial charge in [-0.05, 0) is 117 Å². The second-order valence-electron chi connectivity index (χ2n) is 9.97. The van der Waals surface area contributed by atoms with Crippen molar-refractivity contribution in [3.05, 3.63) is 41.7 Å². The quantitative estimate of drug-likeness (QED) is 0.428. The van der Waals surface area contributed by atoms with Gasteiger partial charge < -0.3 is 4.74 Å². The van der Waals surface area contributed by atoms with E-state index in [0.717, 1.165) is 48.8 Å². The maximum atomic E-state index is 12.6.